The molecule has 4 aromatic heterocycles. The molecule has 7 rings (SSSR count). The average molecular weight is 643 g/mol. The predicted molar refractivity (Wildman–Crippen MR) is 173 cm³/mol. The van der Waals surface area contributed by atoms with E-state index < -0.39 is 21.7 Å². The Kier molecular flexibility index (Phi) is 8.05. The van der Waals surface area contributed by atoms with E-state index in [0.717, 1.165) is 29.8 Å². The van der Waals surface area contributed by atoms with Crippen LogP contribution < -0.4 is 10.0 Å². The summed E-state index contributed by atoms with van der Waals surface area (Å²) in [6.45, 7) is 1.60. The van der Waals surface area contributed by atoms with Crippen LogP contribution in [-0.4, -0.2) is 51.4 Å². The summed E-state index contributed by atoms with van der Waals surface area (Å²) in [7, 11) is -3.47. The summed E-state index contributed by atoms with van der Waals surface area (Å²) in [5.41, 5.74) is 5.48. The van der Waals surface area contributed by atoms with Crippen LogP contribution in [0.2, 0.25) is 0 Å². The molecule has 2 aromatic carbocycles. The van der Waals surface area contributed by atoms with Crippen molar-refractivity contribution >= 4 is 32.0 Å². The van der Waals surface area contributed by atoms with Crippen molar-refractivity contribution in [3.05, 3.63) is 83.8 Å². The number of pyridine rings is 2. The minimum atomic E-state index is -3.47. The molecule has 1 fully saturated rings. The van der Waals surface area contributed by atoms with Crippen LogP contribution in [-0.2, 0) is 23.1 Å². The second-order valence-corrected chi connectivity index (χ2v) is 13.7. The van der Waals surface area contributed by atoms with E-state index >= 15 is 4.39 Å². The van der Waals surface area contributed by atoms with E-state index in [1.165, 1.54) is 43.9 Å². The number of fused-ring (bicyclic) bond motifs is 2. The third-order valence-corrected chi connectivity index (χ3v) is 9.05. The summed E-state index contributed by atoms with van der Waals surface area (Å²) in [5, 5.41) is 11.2. The lowest BCUT2D eigenvalue weighted by molar-refractivity contribution is 0.489. The lowest BCUT2D eigenvalue weighted by atomic mass is 10.0. The van der Waals surface area contributed by atoms with Crippen LogP contribution in [0.15, 0.2) is 61.1 Å². The lowest BCUT2D eigenvalue weighted by Crippen LogP contribution is -2.21. The molecule has 13 heteroatoms. The summed E-state index contributed by atoms with van der Waals surface area (Å²) < 4.78 is 55.5. The van der Waals surface area contributed by atoms with Gasteiger partial charge in [-0.3, -0.25) is 15.1 Å². The van der Waals surface area contributed by atoms with Gasteiger partial charge in [-0.2, -0.15) is 5.10 Å². The quantitative estimate of drug-likeness (QED) is 0.147. The first-order valence-electron chi connectivity index (χ1n) is 15.1. The molecule has 0 amide bonds. The van der Waals surface area contributed by atoms with Crippen LogP contribution in [0.4, 0.5) is 8.78 Å². The number of nitrogens with zero attached hydrogens (tertiary/aromatic N) is 4. The number of hydrogen-bond donors (Lipinski definition) is 4. The van der Waals surface area contributed by atoms with Crippen LogP contribution in [0.1, 0.15) is 36.8 Å². The molecule has 236 valence electrons. The highest BCUT2D eigenvalue weighted by Crippen LogP contribution is 2.34. The first-order chi connectivity index (χ1) is 22.2. The second-order valence-electron chi connectivity index (χ2n) is 11.9. The largest absolute Gasteiger partial charge is 0.337 e. The highest BCUT2D eigenvalue weighted by atomic mass is 32.2. The number of hydrogen-bond acceptors (Lipinski definition) is 7. The van der Waals surface area contributed by atoms with Crippen molar-refractivity contribution in [3.63, 3.8) is 0 Å². The maximum Gasteiger partial charge on any atom is 0.209 e. The zero-order valence-electron chi connectivity index (χ0n) is 25.1. The fraction of sp³-hybridized carbons (Fsp3) is 0.273. The third-order valence-electron chi connectivity index (χ3n) is 8.38. The molecule has 10 nitrogen and oxygen atoms in total. The second kappa shape index (κ2) is 12.3. The van der Waals surface area contributed by atoms with Crippen LogP contribution in [0.25, 0.3) is 55.8 Å². The molecule has 0 aliphatic heterocycles. The van der Waals surface area contributed by atoms with Gasteiger partial charge in [-0.1, -0.05) is 12.8 Å². The molecule has 4 heterocycles. The van der Waals surface area contributed by atoms with E-state index in [-0.39, 0.29) is 12.1 Å². The van der Waals surface area contributed by atoms with E-state index in [2.05, 4.69) is 35.2 Å². The monoisotopic (exact) mass is 642 g/mol. The topological polar surface area (TPSA) is 141 Å². The summed E-state index contributed by atoms with van der Waals surface area (Å²) in [6.07, 6.45) is 11.3. The molecular weight excluding hydrogens is 610 g/mol. The molecule has 0 radical (unpaired) electrons. The van der Waals surface area contributed by atoms with Gasteiger partial charge >= 0.3 is 0 Å². The molecule has 0 saturated heterocycles. The van der Waals surface area contributed by atoms with Gasteiger partial charge in [0, 0.05) is 48.2 Å². The standard InChI is InChI=1S/C33H32F2N8O2S/c1-46(44,45)39-17-20-8-23(11-25(34)10-20)29-32-28(6-7-38-29)40-33(41-32)31-26-12-22(13-27(35)30(26)42-43-31)24-9-21(16-37-18-24)15-36-14-19-4-2-3-5-19/h6-13,16,18-19,36,39H,2-5,14-15,17H2,1H3,(H,40,41)(H,42,43). The molecule has 1 aliphatic carbocycles. The van der Waals surface area contributed by atoms with Gasteiger partial charge < -0.3 is 10.3 Å². The fourth-order valence-electron chi connectivity index (χ4n) is 6.17. The van der Waals surface area contributed by atoms with Gasteiger partial charge in [0.05, 0.1) is 17.5 Å². The summed E-state index contributed by atoms with van der Waals surface area (Å²) >= 11 is 0. The number of imidazole rings is 1. The number of benzene rings is 2. The van der Waals surface area contributed by atoms with Gasteiger partial charge in [0.1, 0.15) is 22.5 Å². The van der Waals surface area contributed by atoms with E-state index in [1.54, 1.807) is 24.5 Å². The minimum Gasteiger partial charge on any atom is -0.337 e. The van der Waals surface area contributed by atoms with Crippen LogP contribution in [0.3, 0.4) is 0 Å². The third kappa shape index (κ3) is 6.39. The number of aromatic nitrogens is 6. The molecule has 0 atom stereocenters. The molecule has 1 aliphatic rings. The molecule has 6 aromatic rings. The average Bonchev–Trinajstić information content (AvgIpc) is 3.79. The highest BCUT2D eigenvalue weighted by Gasteiger charge is 2.19. The molecule has 0 bridgehead atoms. The maximum atomic E-state index is 15.4. The Hall–Kier alpha value is -4.59. The summed E-state index contributed by atoms with van der Waals surface area (Å²) in [4.78, 5) is 16.9. The molecule has 4 N–H and O–H groups in total. The minimum absolute atomic E-state index is 0.0746. The first-order valence-corrected chi connectivity index (χ1v) is 17.0. The van der Waals surface area contributed by atoms with Crippen molar-refractivity contribution in [1.82, 2.24) is 40.2 Å². The van der Waals surface area contributed by atoms with Crippen molar-refractivity contribution in [3.8, 4) is 33.9 Å². The molecular formula is C33H32F2N8O2S. The van der Waals surface area contributed by atoms with Crippen LogP contribution >= 0.6 is 0 Å². The SMILES string of the molecule is CS(=O)(=O)NCc1cc(F)cc(-c2nccc3[nH]c(-c4[nH]nc5c(F)cc(-c6cncc(CNCC7CCCC7)c6)cc45)nc23)c1. The van der Waals surface area contributed by atoms with E-state index in [0.29, 0.717) is 56.9 Å². The smallest absolute Gasteiger partial charge is 0.209 e. The summed E-state index contributed by atoms with van der Waals surface area (Å²) in [6, 6.07) is 11.3. The Labute approximate surface area is 264 Å². The fourth-order valence-corrected chi connectivity index (χ4v) is 6.60. The Morgan fingerprint density at radius 3 is 2.59 bits per heavy atom. The maximum absolute atomic E-state index is 15.4. The van der Waals surface area contributed by atoms with E-state index in [1.807, 2.05) is 18.3 Å². The van der Waals surface area contributed by atoms with Crippen LogP contribution in [0, 0.1) is 17.6 Å². The van der Waals surface area contributed by atoms with Gasteiger partial charge in [-0.05, 0) is 84.5 Å². The zero-order chi connectivity index (χ0) is 31.8. The number of nitrogens with one attached hydrogen (secondary N) is 4. The van der Waals surface area contributed by atoms with Crippen molar-refractivity contribution in [2.24, 2.45) is 5.92 Å². The highest BCUT2D eigenvalue weighted by molar-refractivity contribution is 7.88. The van der Waals surface area contributed by atoms with Gasteiger partial charge in [0.2, 0.25) is 10.0 Å². The van der Waals surface area contributed by atoms with Gasteiger partial charge in [0.25, 0.3) is 0 Å². The first kappa shape index (κ1) is 30.1. The lowest BCUT2D eigenvalue weighted by Gasteiger charge is -2.11. The number of sulfonamides is 1. The Morgan fingerprint density at radius 1 is 0.935 bits per heavy atom. The number of aromatic amines is 2. The molecule has 46 heavy (non-hydrogen) atoms. The number of H-pyrrole nitrogens is 2. The zero-order valence-corrected chi connectivity index (χ0v) is 25.9. The summed E-state index contributed by atoms with van der Waals surface area (Å²) in [5.74, 6) is 0.116. The van der Waals surface area contributed by atoms with E-state index in [9.17, 15) is 12.8 Å². The van der Waals surface area contributed by atoms with E-state index in [4.69, 9.17) is 4.98 Å². The number of rotatable bonds is 10. The number of halogens is 2. The van der Waals surface area contributed by atoms with Gasteiger partial charge in [-0.25, -0.2) is 26.9 Å². The molecule has 1 saturated carbocycles. The van der Waals surface area contributed by atoms with Gasteiger partial charge in [0.15, 0.2) is 11.6 Å². The molecule has 0 spiro atoms. The Bertz CT molecular complexity index is 2170. The predicted octanol–water partition coefficient (Wildman–Crippen LogP) is 5.84. The van der Waals surface area contributed by atoms with Crippen molar-refractivity contribution < 1.29 is 17.2 Å². The Morgan fingerprint density at radius 2 is 1.76 bits per heavy atom. The van der Waals surface area contributed by atoms with Crippen molar-refractivity contribution in [1.29, 1.82) is 0 Å². The van der Waals surface area contributed by atoms with Gasteiger partial charge in [-0.15, -0.1) is 0 Å². The van der Waals surface area contributed by atoms with Crippen molar-refractivity contribution in [2.45, 2.75) is 38.8 Å². The normalized spacial score (nSPS) is 14.2. The molecule has 0 unspecified atom stereocenters. The Balaban J connectivity index is 1.21. The van der Waals surface area contributed by atoms with Crippen LogP contribution in [0.5, 0.6) is 0 Å². The van der Waals surface area contributed by atoms with Crippen molar-refractivity contribution in [2.75, 3.05) is 12.8 Å².